The molecule has 0 aromatic heterocycles. The van der Waals surface area contributed by atoms with Gasteiger partial charge < -0.3 is 10.1 Å². The van der Waals surface area contributed by atoms with Crippen molar-refractivity contribution in [3.8, 4) is 0 Å². The standard InChI is InChI=1S/C12H18INO/c1-14-12(8-5-9-15-2)10-6-3-4-7-11(10)13/h3-4,6-7,12,14H,5,8-9H2,1-2H3. The van der Waals surface area contributed by atoms with Crippen LogP contribution in [-0.2, 0) is 4.74 Å². The van der Waals surface area contributed by atoms with Crippen LogP contribution in [-0.4, -0.2) is 20.8 Å². The molecule has 15 heavy (non-hydrogen) atoms. The molecule has 1 rings (SSSR count). The van der Waals surface area contributed by atoms with E-state index < -0.39 is 0 Å². The maximum atomic E-state index is 5.07. The largest absolute Gasteiger partial charge is 0.385 e. The number of ether oxygens (including phenoxy) is 1. The van der Waals surface area contributed by atoms with Crippen molar-refractivity contribution in [1.29, 1.82) is 0 Å². The Morgan fingerprint density at radius 3 is 2.73 bits per heavy atom. The van der Waals surface area contributed by atoms with Crippen molar-refractivity contribution in [2.24, 2.45) is 0 Å². The van der Waals surface area contributed by atoms with Gasteiger partial charge >= 0.3 is 0 Å². The van der Waals surface area contributed by atoms with E-state index >= 15 is 0 Å². The lowest BCUT2D eigenvalue weighted by Gasteiger charge is -2.17. The van der Waals surface area contributed by atoms with E-state index in [2.05, 4.69) is 52.2 Å². The first-order valence-corrected chi connectivity index (χ1v) is 6.28. The zero-order valence-corrected chi connectivity index (χ0v) is 11.5. The number of methoxy groups -OCH3 is 1. The van der Waals surface area contributed by atoms with Gasteiger partial charge in [-0.2, -0.15) is 0 Å². The molecule has 2 nitrogen and oxygen atoms in total. The van der Waals surface area contributed by atoms with Gasteiger partial charge in [0.25, 0.3) is 0 Å². The fraction of sp³-hybridized carbons (Fsp3) is 0.500. The molecule has 0 bridgehead atoms. The van der Waals surface area contributed by atoms with Crippen LogP contribution in [0.3, 0.4) is 0 Å². The molecular weight excluding hydrogens is 301 g/mol. The van der Waals surface area contributed by atoms with Crippen LogP contribution in [0.25, 0.3) is 0 Å². The summed E-state index contributed by atoms with van der Waals surface area (Å²) in [5.74, 6) is 0. The van der Waals surface area contributed by atoms with Crippen LogP contribution in [0.5, 0.6) is 0 Å². The Morgan fingerprint density at radius 1 is 1.40 bits per heavy atom. The Bertz CT molecular complexity index is 291. The third-order valence-electron chi connectivity index (χ3n) is 2.47. The van der Waals surface area contributed by atoms with Gasteiger partial charge in [-0.25, -0.2) is 0 Å². The smallest absolute Gasteiger partial charge is 0.0462 e. The van der Waals surface area contributed by atoms with Crippen molar-refractivity contribution in [2.75, 3.05) is 20.8 Å². The Balaban J connectivity index is 2.61. The zero-order valence-electron chi connectivity index (χ0n) is 9.29. The van der Waals surface area contributed by atoms with Crippen LogP contribution >= 0.6 is 22.6 Å². The predicted octanol–water partition coefficient (Wildman–Crippen LogP) is 2.98. The minimum Gasteiger partial charge on any atom is -0.385 e. The monoisotopic (exact) mass is 319 g/mol. The summed E-state index contributed by atoms with van der Waals surface area (Å²) in [6.45, 7) is 0.835. The quantitative estimate of drug-likeness (QED) is 0.643. The number of nitrogens with one attached hydrogen (secondary N) is 1. The Morgan fingerprint density at radius 2 is 2.13 bits per heavy atom. The molecule has 1 atom stereocenters. The molecule has 1 aromatic carbocycles. The number of benzene rings is 1. The second kappa shape index (κ2) is 7.19. The number of hydrogen-bond donors (Lipinski definition) is 1. The third-order valence-corrected chi connectivity index (χ3v) is 3.45. The molecule has 84 valence electrons. The lowest BCUT2D eigenvalue weighted by atomic mass is 10.0. The minimum atomic E-state index is 0.438. The highest BCUT2D eigenvalue weighted by Gasteiger charge is 2.10. The third kappa shape index (κ3) is 4.09. The second-order valence-electron chi connectivity index (χ2n) is 3.50. The first-order chi connectivity index (χ1) is 7.29. The van der Waals surface area contributed by atoms with Crippen LogP contribution in [0.15, 0.2) is 24.3 Å². The molecule has 0 fully saturated rings. The zero-order chi connectivity index (χ0) is 11.1. The molecule has 3 heteroatoms. The van der Waals surface area contributed by atoms with Crippen molar-refractivity contribution in [1.82, 2.24) is 5.32 Å². The molecule has 0 aliphatic rings. The average molecular weight is 319 g/mol. The highest BCUT2D eigenvalue weighted by molar-refractivity contribution is 14.1. The van der Waals surface area contributed by atoms with Crippen LogP contribution in [0.4, 0.5) is 0 Å². The van der Waals surface area contributed by atoms with Gasteiger partial charge in [0.1, 0.15) is 0 Å². The van der Waals surface area contributed by atoms with E-state index in [4.69, 9.17) is 4.74 Å². The second-order valence-corrected chi connectivity index (χ2v) is 4.66. The summed E-state index contributed by atoms with van der Waals surface area (Å²) in [5.41, 5.74) is 1.39. The van der Waals surface area contributed by atoms with Gasteiger partial charge in [0, 0.05) is 23.3 Å². The molecule has 0 spiro atoms. The SMILES string of the molecule is CNC(CCCOC)c1ccccc1I. The van der Waals surface area contributed by atoms with Gasteiger partial charge in [-0.1, -0.05) is 18.2 Å². The fourth-order valence-corrected chi connectivity index (χ4v) is 2.41. The number of hydrogen-bond acceptors (Lipinski definition) is 2. The average Bonchev–Trinajstić information content (AvgIpc) is 2.26. The summed E-state index contributed by atoms with van der Waals surface area (Å²) in [7, 11) is 3.77. The fourth-order valence-electron chi connectivity index (χ4n) is 1.64. The predicted molar refractivity (Wildman–Crippen MR) is 72.1 cm³/mol. The highest BCUT2D eigenvalue weighted by atomic mass is 127. The van der Waals surface area contributed by atoms with E-state index in [0.29, 0.717) is 6.04 Å². The summed E-state index contributed by atoms with van der Waals surface area (Å²) in [6.07, 6.45) is 2.21. The Labute approximate surface area is 106 Å². The summed E-state index contributed by atoms with van der Waals surface area (Å²) in [4.78, 5) is 0. The van der Waals surface area contributed by atoms with Gasteiger partial charge in [-0.15, -0.1) is 0 Å². The highest BCUT2D eigenvalue weighted by Crippen LogP contribution is 2.23. The molecule has 0 saturated carbocycles. The van der Waals surface area contributed by atoms with Crippen LogP contribution < -0.4 is 5.32 Å². The van der Waals surface area contributed by atoms with E-state index in [1.807, 2.05) is 7.05 Å². The van der Waals surface area contributed by atoms with Gasteiger partial charge in [0.2, 0.25) is 0 Å². The van der Waals surface area contributed by atoms with Crippen molar-refractivity contribution < 1.29 is 4.74 Å². The summed E-state index contributed by atoms with van der Waals surface area (Å²) < 4.78 is 6.40. The molecule has 0 heterocycles. The summed E-state index contributed by atoms with van der Waals surface area (Å²) in [6, 6.07) is 8.95. The molecule has 0 radical (unpaired) electrons. The van der Waals surface area contributed by atoms with Gasteiger partial charge in [0.05, 0.1) is 0 Å². The van der Waals surface area contributed by atoms with Gasteiger partial charge in [-0.05, 0) is 54.1 Å². The minimum absolute atomic E-state index is 0.438. The van der Waals surface area contributed by atoms with Gasteiger partial charge in [0.15, 0.2) is 0 Å². The van der Waals surface area contributed by atoms with Crippen LogP contribution in [0.2, 0.25) is 0 Å². The van der Waals surface area contributed by atoms with Crippen molar-refractivity contribution in [3.63, 3.8) is 0 Å². The molecule has 1 N–H and O–H groups in total. The van der Waals surface area contributed by atoms with E-state index in [-0.39, 0.29) is 0 Å². The first-order valence-electron chi connectivity index (χ1n) is 5.20. The van der Waals surface area contributed by atoms with Crippen LogP contribution in [0, 0.1) is 3.57 Å². The van der Waals surface area contributed by atoms with Crippen LogP contribution in [0.1, 0.15) is 24.4 Å². The van der Waals surface area contributed by atoms with Crippen molar-refractivity contribution >= 4 is 22.6 Å². The molecule has 0 amide bonds. The summed E-state index contributed by atoms with van der Waals surface area (Å²) in [5, 5.41) is 3.36. The van der Waals surface area contributed by atoms with E-state index in [9.17, 15) is 0 Å². The number of rotatable bonds is 6. The first kappa shape index (κ1) is 12.9. The topological polar surface area (TPSA) is 21.3 Å². The van der Waals surface area contributed by atoms with Crippen molar-refractivity contribution in [2.45, 2.75) is 18.9 Å². The molecule has 0 aliphatic carbocycles. The maximum Gasteiger partial charge on any atom is 0.0462 e. The molecule has 0 saturated heterocycles. The van der Waals surface area contributed by atoms with Crippen molar-refractivity contribution in [3.05, 3.63) is 33.4 Å². The summed E-state index contributed by atoms with van der Waals surface area (Å²) >= 11 is 2.39. The Kier molecular flexibility index (Phi) is 6.20. The van der Waals surface area contributed by atoms with Gasteiger partial charge in [-0.3, -0.25) is 0 Å². The number of halogens is 1. The molecule has 1 aromatic rings. The normalized spacial score (nSPS) is 12.7. The lowest BCUT2D eigenvalue weighted by molar-refractivity contribution is 0.189. The van der Waals surface area contributed by atoms with E-state index in [1.165, 1.54) is 9.13 Å². The lowest BCUT2D eigenvalue weighted by Crippen LogP contribution is -2.17. The molecular formula is C12H18INO. The molecule has 0 aliphatic heterocycles. The Hall–Kier alpha value is -0.130. The van der Waals surface area contributed by atoms with E-state index in [1.54, 1.807) is 7.11 Å². The maximum absolute atomic E-state index is 5.07. The van der Waals surface area contributed by atoms with E-state index in [0.717, 1.165) is 19.4 Å². The molecule has 1 unspecified atom stereocenters.